The average molecular weight is 505 g/mol. The molecule has 4 rings (SSSR count). The van der Waals surface area contributed by atoms with Crippen molar-refractivity contribution in [3.05, 3.63) is 90.5 Å². The van der Waals surface area contributed by atoms with Crippen LogP contribution in [0.15, 0.2) is 78.9 Å². The van der Waals surface area contributed by atoms with Crippen LogP contribution < -0.4 is 0 Å². The van der Waals surface area contributed by atoms with Crippen LogP contribution >= 0.6 is 17.0 Å². The number of aryl methyl sites for hydroxylation is 1. The summed E-state index contributed by atoms with van der Waals surface area (Å²) in [5.74, 6) is 0. The molecule has 0 fully saturated rings. The minimum atomic E-state index is -1.65. The third-order valence-electron chi connectivity index (χ3n) is 4.27. The molecular weight excluding hydrogens is 478 g/mol. The van der Waals surface area contributed by atoms with Crippen molar-refractivity contribution in [1.29, 1.82) is 0 Å². The van der Waals surface area contributed by atoms with E-state index in [1.807, 2.05) is 12.2 Å². The van der Waals surface area contributed by atoms with Gasteiger partial charge in [0.25, 0.3) is 0 Å². The Morgan fingerprint density at radius 3 is 2.29 bits per heavy atom. The van der Waals surface area contributed by atoms with E-state index in [9.17, 15) is 0 Å². The van der Waals surface area contributed by atoms with E-state index in [-0.39, 0.29) is 5.43 Å². The predicted molar refractivity (Wildman–Crippen MR) is 125 cm³/mol. The molecule has 1 aliphatic carbocycles. The van der Waals surface area contributed by atoms with Crippen molar-refractivity contribution in [3.63, 3.8) is 0 Å². The molecule has 0 atom stereocenters. The van der Waals surface area contributed by atoms with Crippen LogP contribution in [0.3, 0.4) is 0 Å². The monoisotopic (exact) mass is 502 g/mol. The van der Waals surface area contributed by atoms with Crippen LogP contribution in [-0.4, -0.2) is 5.43 Å². The van der Waals surface area contributed by atoms with Gasteiger partial charge in [0.1, 0.15) is 0 Å². The van der Waals surface area contributed by atoms with Crippen molar-refractivity contribution in [2.75, 3.05) is 0 Å². The van der Waals surface area contributed by atoms with Gasteiger partial charge in [0.2, 0.25) is 0 Å². The normalized spacial score (nSPS) is 11.5. The van der Waals surface area contributed by atoms with E-state index in [0.29, 0.717) is 0 Å². The van der Waals surface area contributed by atoms with E-state index in [0.717, 1.165) is 12.8 Å². The van der Waals surface area contributed by atoms with E-state index in [1.54, 1.807) is 0 Å². The summed E-state index contributed by atoms with van der Waals surface area (Å²) in [4.78, 5) is 0. The Balaban J connectivity index is 0.000000210. The molecule has 0 spiro atoms. The molecule has 0 aromatic heterocycles. The Morgan fingerprint density at radius 2 is 1.79 bits per heavy atom. The second-order valence-electron chi connectivity index (χ2n) is 6.66. The molecular formula is C24H26Cl2SiZr-2. The number of hydrogen-bond acceptors (Lipinski definition) is 0. The number of allylic oxidation sites excluding steroid dienone is 4. The molecule has 0 amide bonds. The van der Waals surface area contributed by atoms with Crippen molar-refractivity contribution in [3.8, 4) is 11.1 Å². The SMILES string of the molecule is CCc1cc2c(-c3ccccc3)cccc2[cH-]1.C[Si](C)=[Zr]([Cl])[Cl].[C-]1=CC=CC1. The van der Waals surface area contributed by atoms with Crippen molar-refractivity contribution in [1.82, 2.24) is 0 Å². The van der Waals surface area contributed by atoms with Gasteiger partial charge in [0, 0.05) is 0 Å². The van der Waals surface area contributed by atoms with Crippen LogP contribution in [0.5, 0.6) is 0 Å². The van der Waals surface area contributed by atoms with Crippen molar-refractivity contribution >= 4 is 33.2 Å². The predicted octanol–water partition coefficient (Wildman–Crippen LogP) is 8.26. The fourth-order valence-electron chi connectivity index (χ4n) is 2.71. The molecule has 4 heteroatoms. The first-order valence-electron chi connectivity index (χ1n) is 9.47. The molecule has 0 bridgehead atoms. The maximum Gasteiger partial charge on any atom is -0.109 e. The number of halogens is 2. The summed E-state index contributed by atoms with van der Waals surface area (Å²) in [6, 6.07) is 21.8. The van der Waals surface area contributed by atoms with Crippen molar-refractivity contribution < 1.29 is 18.0 Å². The molecule has 0 nitrogen and oxygen atoms in total. The molecule has 146 valence electrons. The largest absolute Gasteiger partial charge is 0.273 e. The molecule has 1 aliphatic rings. The van der Waals surface area contributed by atoms with Gasteiger partial charge in [-0.15, -0.1) is 41.0 Å². The van der Waals surface area contributed by atoms with Gasteiger partial charge in [-0.1, -0.05) is 48.9 Å². The van der Waals surface area contributed by atoms with Gasteiger partial charge in [-0.25, -0.2) is 12.2 Å². The van der Waals surface area contributed by atoms with Crippen LogP contribution in [0.1, 0.15) is 18.9 Å². The Bertz CT molecular complexity index is 941. The first-order valence-corrected chi connectivity index (χ1v) is 22.0. The molecule has 0 radical (unpaired) electrons. The number of hydrogen-bond donors (Lipinski definition) is 0. The standard InChI is InChI=1S/C17H15.C5H5.C2H6Si.2ClH.Zr/c1-2-13-11-15-9-6-10-16(17(15)12-13)14-7-4-3-5-8-14;1-2-4-5-3-1;1-3-2;;;/h3-12H,2H2,1H3;1-3H,4H2;1-2H3;2*1H;/q2*-1;;;;+2/p-2. The molecule has 0 saturated heterocycles. The molecule has 0 N–H and O–H groups in total. The zero-order valence-electron chi connectivity index (χ0n) is 16.7. The molecule has 0 saturated carbocycles. The summed E-state index contributed by atoms with van der Waals surface area (Å²) in [6.07, 6.45) is 11.1. The van der Waals surface area contributed by atoms with Crippen LogP contribution in [0, 0.1) is 6.08 Å². The summed E-state index contributed by atoms with van der Waals surface area (Å²) < 4.78 is 0. The van der Waals surface area contributed by atoms with Gasteiger partial charge in [-0.3, -0.25) is 6.08 Å². The topological polar surface area (TPSA) is 0 Å². The van der Waals surface area contributed by atoms with E-state index in [2.05, 4.69) is 92.8 Å². The van der Waals surface area contributed by atoms with Gasteiger partial charge < -0.3 is 0 Å². The van der Waals surface area contributed by atoms with E-state index in [1.165, 1.54) is 27.5 Å². The number of rotatable bonds is 2. The van der Waals surface area contributed by atoms with Crippen molar-refractivity contribution in [2.45, 2.75) is 32.9 Å². The molecule has 0 unspecified atom stereocenters. The van der Waals surface area contributed by atoms with Gasteiger partial charge in [-0.05, 0) is 12.0 Å². The van der Waals surface area contributed by atoms with Crippen LogP contribution in [0.4, 0.5) is 0 Å². The summed E-state index contributed by atoms with van der Waals surface area (Å²) >= 11 is -1.65. The molecule has 28 heavy (non-hydrogen) atoms. The molecule has 0 aliphatic heterocycles. The zero-order valence-corrected chi connectivity index (χ0v) is 21.6. The summed E-state index contributed by atoms with van der Waals surface area (Å²) in [5.41, 5.74) is 3.83. The first kappa shape index (κ1) is 23.5. The maximum atomic E-state index is 5.62. The second kappa shape index (κ2) is 12.7. The number of fused-ring (bicyclic) bond motifs is 1. The number of benzene rings is 2. The van der Waals surface area contributed by atoms with Gasteiger partial charge >= 0.3 is 53.5 Å². The Morgan fingerprint density at radius 1 is 1.07 bits per heavy atom. The Labute approximate surface area is 184 Å². The van der Waals surface area contributed by atoms with Crippen molar-refractivity contribution in [2.24, 2.45) is 0 Å². The van der Waals surface area contributed by atoms with E-state index >= 15 is 0 Å². The molecule has 3 aromatic carbocycles. The fourth-order valence-corrected chi connectivity index (χ4v) is 2.71. The summed E-state index contributed by atoms with van der Waals surface area (Å²) in [5, 5.41) is 2.72. The Hall–Kier alpha value is -0.790. The molecule has 0 heterocycles. The molecule has 3 aromatic rings. The maximum absolute atomic E-state index is 5.62. The zero-order chi connectivity index (χ0) is 20.4. The van der Waals surface area contributed by atoms with Crippen LogP contribution in [0.2, 0.25) is 13.1 Å². The van der Waals surface area contributed by atoms with Gasteiger partial charge in [-0.2, -0.15) is 12.1 Å². The smallest absolute Gasteiger partial charge is 0.109 e. The van der Waals surface area contributed by atoms with Gasteiger partial charge in [0.15, 0.2) is 0 Å². The van der Waals surface area contributed by atoms with E-state index in [4.69, 9.17) is 17.0 Å². The quantitative estimate of drug-likeness (QED) is 0.243. The average Bonchev–Trinajstić information content (AvgIpc) is 3.41. The van der Waals surface area contributed by atoms with Crippen LogP contribution in [0.25, 0.3) is 21.9 Å². The summed E-state index contributed by atoms with van der Waals surface area (Å²) in [6.45, 7) is 6.54. The van der Waals surface area contributed by atoms with Crippen LogP contribution in [-0.2, 0) is 24.4 Å². The second-order valence-corrected chi connectivity index (χ2v) is 29.6. The fraction of sp³-hybridized carbons (Fsp3) is 0.208. The first-order chi connectivity index (χ1) is 13.5. The third kappa shape index (κ3) is 7.56. The third-order valence-corrected chi connectivity index (χ3v) is 24.0. The van der Waals surface area contributed by atoms with E-state index < -0.39 is 18.0 Å². The Kier molecular flexibility index (Phi) is 10.7. The summed E-state index contributed by atoms with van der Waals surface area (Å²) in [7, 11) is 11.2. The van der Waals surface area contributed by atoms with Gasteiger partial charge in [0.05, 0.1) is 0 Å². The minimum Gasteiger partial charge on any atom is -0.273 e. The minimum absolute atomic E-state index is 0.224.